The van der Waals surface area contributed by atoms with Crippen LogP contribution in [0.3, 0.4) is 0 Å². The van der Waals surface area contributed by atoms with Gasteiger partial charge in [0.1, 0.15) is 12.4 Å². The minimum Gasteiger partial charge on any atom is -0.488 e. The fourth-order valence-electron chi connectivity index (χ4n) is 2.42. The Morgan fingerprint density at radius 1 is 1.22 bits per heavy atom. The molecule has 0 aliphatic heterocycles. The van der Waals surface area contributed by atoms with Gasteiger partial charge in [0.05, 0.1) is 24.8 Å². The first-order valence-corrected chi connectivity index (χ1v) is 7.64. The van der Waals surface area contributed by atoms with E-state index in [1.165, 1.54) is 0 Å². The number of hydrogen-bond acceptors (Lipinski definition) is 3. The van der Waals surface area contributed by atoms with Crippen LogP contribution in [-0.2, 0) is 9.53 Å². The fourth-order valence-corrected chi connectivity index (χ4v) is 2.42. The smallest absolute Gasteiger partial charge is 0.411 e. The summed E-state index contributed by atoms with van der Waals surface area (Å²) in [6, 6.07) is 7.05. The summed E-state index contributed by atoms with van der Waals surface area (Å²) < 4.78 is 46.1. The lowest BCUT2D eigenvalue weighted by atomic mass is 10.2. The lowest BCUT2D eigenvalue weighted by Crippen LogP contribution is -2.20. The van der Waals surface area contributed by atoms with E-state index in [-0.39, 0.29) is 19.1 Å². The number of ether oxygens (including phenoxy) is 2. The van der Waals surface area contributed by atoms with E-state index in [0.717, 1.165) is 25.7 Å². The van der Waals surface area contributed by atoms with Crippen LogP contribution in [0.15, 0.2) is 24.3 Å². The van der Waals surface area contributed by atoms with E-state index >= 15 is 0 Å². The van der Waals surface area contributed by atoms with Crippen molar-refractivity contribution in [2.45, 2.75) is 44.4 Å². The van der Waals surface area contributed by atoms with E-state index < -0.39 is 18.7 Å². The van der Waals surface area contributed by atoms with Crippen molar-refractivity contribution in [3.8, 4) is 5.75 Å². The van der Waals surface area contributed by atoms with E-state index in [2.05, 4.69) is 10.1 Å². The maximum Gasteiger partial charge on any atom is 0.411 e. The molecule has 0 atom stereocenters. The number of anilines is 1. The van der Waals surface area contributed by atoms with Gasteiger partial charge in [-0.25, -0.2) is 0 Å². The molecule has 4 nitrogen and oxygen atoms in total. The lowest BCUT2D eigenvalue weighted by Gasteiger charge is -2.17. The largest absolute Gasteiger partial charge is 0.488 e. The van der Waals surface area contributed by atoms with Gasteiger partial charge in [-0.3, -0.25) is 4.79 Å². The van der Waals surface area contributed by atoms with Crippen molar-refractivity contribution >= 4 is 11.6 Å². The molecule has 7 heteroatoms. The van der Waals surface area contributed by atoms with Crippen LogP contribution < -0.4 is 10.1 Å². The van der Waals surface area contributed by atoms with Crippen molar-refractivity contribution in [2.24, 2.45) is 0 Å². The van der Waals surface area contributed by atoms with Gasteiger partial charge >= 0.3 is 6.18 Å². The summed E-state index contributed by atoms with van der Waals surface area (Å²) in [5.41, 5.74) is 0.528. The summed E-state index contributed by atoms with van der Waals surface area (Å²) in [6.07, 6.45) is -0.110. The monoisotopic (exact) mass is 331 g/mol. The minimum atomic E-state index is -4.38. The van der Waals surface area contributed by atoms with Gasteiger partial charge in [-0.2, -0.15) is 13.2 Å². The van der Waals surface area contributed by atoms with Crippen molar-refractivity contribution in [1.82, 2.24) is 0 Å². The molecule has 0 radical (unpaired) electrons. The quantitative estimate of drug-likeness (QED) is 0.771. The van der Waals surface area contributed by atoms with Gasteiger partial charge in [0, 0.05) is 0 Å². The number of rotatable bonds is 7. The molecule has 0 bridgehead atoms. The Kier molecular flexibility index (Phi) is 6.27. The Morgan fingerprint density at radius 3 is 2.61 bits per heavy atom. The average molecular weight is 331 g/mol. The highest BCUT2D eigenvalue weighted by molar-refractivity contribution is 5.92. The van der Waals surface area contributed by atoms with Crippen molar-refractivity contribution < 1.29 is 27.4 Å². The van der Waals surface area contributed by atoms with Crippen LogP contribution in [0.1, 0.15) is 32.1 Å². The standard InChI is InChI=1S/C16H20F3NO3/c17-16(18,19)11-22-10-9-15(21)20-13-7-3-4-8-14(13)23-12-5-1-2-6-12/h3-4,7-8,12H,1-2,5-6,9-11H2,(H,20,21). The molecule has 1 fully saturated rings. The summed E-state index contributed by atoms with van der Waals surface area (Å²) >= 11 is 0. The van der Waals surface area contributed by atoms with Crippen LogP contribution in [0.4, 0.5) is 18.9 Å². The van der Waals surface area contributed by atoms with Crippen LogP contribution in [0, 0.1) is 0 Å². The first kappa shape index (κ1) is 17.6. The first-order chi connectivity index (χ1) is 10.9. The molecule has 0 aromatic heterocycles. The fraction of sp³-hybridized carbons (Fsp3) is 0.562. The number of para-hydroxylation sites is 2. The maximum absolute atomic E-state index is 11.9. The Bertz CT molecular complexity index is 514. The second kappa shape index (κ2) is 8.19. The van der Waals surface area contributed by atoms with Crippen molar-refractivity contribution in [3.05, 3.63) is 24.3 Å². The summed E-state index contributed by atoms with van der Waals surface area (Å²) in [7, 11) is 0. The summed E-state index contributed by atoms with van der Waals surface area (Å²) in [5, 5.41) is 2.66. The third-order valence-corrected chi connectivity index (χ3v) is 3.50. The van der Waals surface area contributed by atoms with E-state index in [0.29, 0.717) is 11.4 Å². The van der Waals surface area contributed by atoms with E-state index in [9.17, 15) is 18.0 Å². The molecule has 1 N–H and O–H groups in total. The molecule has 1 aliphatic rings. The second-order valence-corrected chi connectivity index (χ2v) is 5.49. The summed E-state index contributed by atoms with van der Waals surface area (Å²) in [4.78, 5) is 11.8. The first-order valence-electron chi connectivity index (χ1n) is 7.64. The zero-order valence-corrected chi connectivity index (χ0v) is 12.7. The van der Waals surface area contributed by atoms with Gasteiger partial charge in [-0.05, 0) is 37.8 Å². The molecule has 0 spiro atoms. The SMILES string of the molecule is O=C(CCOCC(F)(F)F)Nc1ccccc1OC1CCCC1. The Morgan fingerprint density at radius 2 is 1.91 bits per heavy atom. The van der Waals surface area contributed by atoms with Gasteiger partial charge in [-0.1, -0.05) is 12.1 Å². The molecule has 1 aliphatic carbocycles. The van der Waals surface area contributed by atoms with Crippen LogP contribution in [0.5, 0.6) is 5.75 Å². The molecule has 0 unspecified atom stereocenters. The number of carbonyl (C=O) groups is 1. The van der Waals surface area contributed by atoms with Gasteiger partial charge in [0.25, 0.3) is 0 Å². The van der Waals surface area contributed by atoms with Gasteiger partial charge in [-0.15, -0.1) is 0 Å². The van der Waals surface area contributed by atoms with Crippen LogP contribution in [-0.4, -0.2) is 31.4 Å². The van der Waals surface area contributed by atoms with Crippen LogP contribution in [0.2, 0.25) is 0 Å². The third kappa shape index (κ3) is 6.48. The number of carbonyl (C=O) groups excluding carboxylic acids is 1. The van der Waals surface area contributed by atoms with E-state index in [1.807, 2.05) is 6.07 Å². The number of hydrogen-bond donors (Lipinski definition) is 1. The lowest BCUT2D eigenvalue weighted by molar-refractivity contribution is -0.174. The maximum atomic E-state index is 11.9. The molecular weight excluding hydrogens is 311 g/mol. The second-order valence-electron chi connectivity index (χ2n) is 5.49. The molecule has 1 saturated carbocycles. The predicted molar refractivity (Wildman–Crippen MR) is 79.4 cm³/mol. The Labute approximate surface area is 133 Å². The average Bonchev–Trinajstić information content (AvgIpc) is 2.98. The number of alkyl halides is 3. The number of amides is 1. The third-order valence-electron chi connectivity index (χ3n) is 3.50. The van der Waals surface area contributed by atoms with Crippen molar-refractivity contribution in [2.75, 3.05) is 18.5 Å². The van der Waals surface area contributed by atoms with Crippen molar-refractivity contribution in [3.63, 3.8) is 0 Å². The van der Waals surface area contributed by atoms with Gasteiger partial charge < -0.3 is 14.8 Å². The van der Waals surface area contributed by atoms with Gasteiger partial charge in [0.15, 0.2) is 0 Å². The Hall–Kier alpha value is -1.76. The van der Waals surface area contributed by atoms with E-state index in [1.54, 1.807) is 18.2 Å². The molecule has 23 heavy (non-hydrogen) atoms. The highest BCUT2D eigenvalue weighted by Crippen LogP contribution is 2.29. The number of halogens is 3. The molecule has 2 rings (SSSR count). The molecular formula is C16H20F3NO3. The topological polar surface area (TPSA) is 47.6 Å². The molecule has 0 saturated heterocycles. The highest BCUT2D eigenvalue weighted by Gasteiger charge is 2.27. The molecule has 1 aromatic rings. The van der Waals surface area contributed by atoms with Gasteiger partial charge in [0.2, 0.25) is 5.91 Å². The van der Waals surface area contributed by atoms with Crippen LogP contribution >= 0.6 is 0 Å². The van der Waals surface area contributed by atoms with E-state index in [4.69, 9.17) is 4.74 Å². The molecule has 1 aromatic carbocycles. The predicted octanol–water partition coefficient (Wildman–Crippen LogP) is 3.92. The van der Waals surface area contributed by atoms with Crippen molar-refractivity contribution in [1.29, 1.82) is 0 Å². The molecule has 128 valence electrons. The molecule has 1 amide bonds. The number of nitrogens with one attached hydrogen (secondary N) is 1. The minimum absolute atomic E-state index is 0.145. The summed E-state index contributed by atoms with van der Waals surface area (Å²) in [6.45, 7) is -1.63. The van der Waals surface area contributed by atoms with Crippen LogP contribution in [0.25, 0.3) is 0 Å². The number of benzene rings is 1. The molecule has 0 heterocycles. The zero-order valence-electron chi connectivity index (χ0n) is 12.7. The Balaban J connectivity index is 1.80. The summed E-state index contributed by atoms with van der Waals surface area (Å²) in [5.74, 6) is 0.179. The normalized spacial score (nSPS) is 15.6. The highest BCUT2D eigenvalue weighted by atomic mass is 19.4. The zero-order chi connectivity index (χ0) is 16.7.